The molecule has 0 aromatic carbocycles. The Morgan fingerprint density at radius 3 is 2.28 bits per heavy atom. The van der Waals surface area contributed by atoms with E-state index in [1.165, 1.54) is 51.4 Å². The Hall–Kier alpha value is -0.830. The molecular weight excluding hydrogens is 222 g/mol. The Morgan fingerprint density at radius 2 is 1.72 bits per heavy atom. The van der Waals surface area contributed by atoms with Gasteiger partial charge in [-0.15, -0.1) is 0 Å². The van der Waals surface area contributed by atoms with Crippen LogP contribution >= 0.6 is 0 Å². The Bertz CT molecular complexity index is 306. The highest BCUT2D eigenvalue weighted by atomic mass is 15.0. The molecule has 104 valence electrons. The summed E-state index contributed by atoms with van der Waals surface area (Å²) >= 11 is 0. The molecule has 0 saturated heterocycles. The lowest BCUT2D eigenvalue weighted by Gasteiger charge is -2.11. The molecule has 18 heavy (non-hydrogen) atoms. The average Bonchev–Trinajstić information content (AvgIpc) is 2.79. The van der Waals surface area contributed by atoms with E-state index >= 15 is 0 Å². The fraction of sp³-hybridized carbons (Fsp3) is 0.800. The number of aryl methyl sites for hydroxylation is 1. The lowest BCUT2D eigenvalue weighted by Crippen LogP contribution is -2.13. The number of nitrogens with zero attached hydrogens (tertiary/aromatic N) is 2. The van der Waals surface area contributed by atoms with E-state index in [9.17, 15) is 0 Å². The highest BCUT2D eigenvalue weighted by molar-refractivity contribution is 5.03. The van der Waals surface area contributed by atoms with E-state index in [-0.39, 0.29) is 6.04 Å². The summed E-state index contributed by atoms with van der Waals surface area (Å²) in [6.07, 6.45) is 15.6. The van der Waals surface area contributed by atoms with Gasteiger partial charge in [0, 0.05) is 19.3 Å². The SMILES string of the molecule is CCCCCCCCCCC(N)c1cncn1C. The van der Waals surface area contributed by atoms with Crippen molar-refractivity contribution in [1.82, 2.24) is 9.55 Å². The smallest absolute Gasteiger partial charge is 0.0946 e. The van der Waals surface area contributed by atoms with E-state index in [1.54, 1.807) is 0 Å². The number of hydrogen-bond acceptors (Lipinski definition) is 2. The van der Waals surface area contributed by atoms with Crippen LogP contribution in [0.4, 0.5) is 0 Å². The third-order valence-electron chi connectivity index (χ3n) is 3.60. The minimum absolute atomic E-state index is 0.151. The molecule has 0 bridgehead atoms. The first-order valence-electron chi connectivity index (χ1n) is 7.47. The second kappa shape index (κ2) is 9.15. The van der Waals surface area contributed by atoms with E-state index < -0.39 is 0 Å². The molecule has 0 aliphatic rings. The minimum Gasteiger partial charge on any atom is -0.336 e. The van der Waals surface area contributed by atoms with Gasteiger partial charge in [-0.2, -0.15) is 0 Å². The van der Waals surface area contributed by atoms with Crippen molar-refractivity contribution in [2.45, 2.75) is 70.8 Å². The third-order valence-corrected chi connectivity index (χ3v) is 3.60. The highest BCUT2D eigenvalue weighted by Crippen LogP contribution is 2.17. The first-order valence-corrected chi connectivity index (χ1v) is 7.47. The Balaban J connectivity index is 1.99. The van der Waals surface area contributed by atoms with Crippen molar-refractivity contribution in [3.05, 3.63) is 18.2 Å². The van der Waals surface area contributed by atoms with Gasteiger partial charge in [-0.1, -0.05) is 58.3 Å². The molecule has 0 aliphatic heterocycles. The van der Waals surface area contributed by atoms with E-state index in [0.29, 0.717) is 0 Å². The minimum atomic E-state index is 0.151. The average molecular weight is 251 g/mol. The molecule has 1 rings (SSSR count). The zero-order valence-electron chi connectivity index (χ0n) is 12.1. The van der Waals surface area contributed by atoms with E-state index in [0.717, 1.165) is 12.1 Å². The fourth-order valence-corrected chi connectivity index (χ4v) is 2.37. The summed E-state index contributed by atoms with van der Waals surface area (Å²) in [5.41, 5.74) is 7.31. The zero-order valence-corrected chi connectivity index (χ0v) is 12.1. The molecule has 3 nitrogen and oxygen atoms in total. The van der Waals surface area contributed by atoms with Crippen LogP contribution in [0.5, 0.6) is 0 Å². The summed E-state index contributed by atoms with van der Waals surface area (Å²) in [6.45, 7) is 2.26. The maximum Gasteiger partial charge on any atom is 0.0946 e. The highest BCUT2D eigenvalue weighted by Gasteiger charge is 2.08. The van der Waals surface area contributed by atoms with Crippen LogP contribution in [0, 0.1) is 0 Å². The summed E-state index contributed by atoms with van der Waals surface area (Å²) in [5.74, 6) is 0. The van der Waals surface area contributed by atoms with Gasteiger partial charge in [0.05, 0.1) is 12.0 Å². The Kier molecular flexibility index (Phi) is 7.74. The van der Waals surface area contributed by atoms with Crippen molar-refractivity contribution in [1.29, 1.82) is 0 Å². The number of nitrogens with two attached hydrogens (primary N) is 1. The molecular formula is C15H29N3. The van der Waals surface area contributed by atoms with Crippen LogP contribution in [-0.4, -0.2) is 9.55 Å². The first kappa shape index (κ1) is 15.2. The number of aromatic nitrogens is 2. The molecule has 0 amide bonds. The van der Waals surface area contributed by atoms with Gasteiger partial charge in [0.25, 0.3) is 0 Å². The molecule has 1 heterocycles. The van der Waals surface area contributed by atoms with Crippen molar-refractivity contribution < 1.29 is 0 Å². The normalized spacial score (nSPS) is 12.8. The summed E-state index contributed by atoms with van der Waals surface area (Å²) in [4.78, 5) is 4.11. The van der Waals surface area contributed by atoms with Crippen LogP contribution in [0.1, 0.15) is 76.4 Å². The molecule has 0 saturated carbocycles. The monoisotopic (exact) mass is 251 g/mol. The van der Waals surface area contributed by atoms with Crippen LogP contribution in [0.25, 0.3) is 0 Å². The standard InChI is InChI=1S/C15H29N3/c1-3-4-5-6-7-8-9-10-11-14(16)15-12-17-13-18(15)2/h12-14H,3-11,16H2,1-2H3. The molecule has 1 aromatic rings. The van der Waals surface area contributed by atoms with Gasteiger partial charge in [0.15, 0.2) is 0 Å². The van der Waals surface area contributed by atoms with Crippen LogP contribution in [-0.2, 0) is 7.05 Å². The van der Waals surface area contributed by atoms with Gasteiger partial charge in [0.2, 0.25) is 0 Å². The van der Waals surface area contributed by atoms with Gasteiger partial charge < -0.3 is 10.3 Å². The van der Waals surface area contributed by atoms with Gasteiger partial charge in [-0.3, -0.25) is 0 Å². The summed E-state index contributed by atoms with van der Waals surface area (Å²) in [7, 11) is 2.01. The van der Waals surface area contributed by atoms with Crippen molar-refractivity contribution in [2.75, 3.05) is 0 Å². The predicted octanol–water partition coefficient (Wildman–Crippen LogP) is 3.95. The van der Waals surface area contributed by atoms with E-state index in [2.05, 4.69) is 11.9 Å². The molecule has 1 unspecified atom stereocenters. The van der Waals surface area contributed by atoms with Gasteiger partial charge in [-0.25, -0.2) is 4.98 Å². The van der Waals surface area contributed by atoms with Crippen molar-refractivity contribution in [3.63, 3.8) is 0 Å². The molecule has 2 N–H and O–H groups in total. The second-order valence-electron chi connectivity index (χ2n) is 5.30. The van der Waals surface area contributed by atoms with Gasteiger partial charge in [0.1, 0.15) is 0 Å². The van der Waals surface area contributed by atoms with E-state index in [1.807, 2.05) is 24.1 Å². The Morgan fingerprint density at radius 1 is 1.11 bits per heavy atom. The van der Waals surface area contributed by atoms with Crippen LogP contribution in [0.15, 0.2) is 12.5 Å². The molecule has 0 radical (unpaired) electrons. The number of hydrogen-bond donors (Lipinski definition) is 1. The maximum absolute atomic E-state index is 6.16. The molecule has 0 spiro atoms. The lowest BCUT2D eigenvalue weighted by molar-refractivity contribution is 0.524. The van der Waals surface area contributed by atoms with Crippen LogP contribution in [0.2, 0.25) is 0 Å². The number of unbranched alkanes of at least 4 members (excludes halogenated alkanes) is 7. The third kappa shape index (κ3) is 5.67. The molecule has 3 heteroatoms. The predicted molar refractivity (Wildman–Crippen MR) is 77.4 cm³/mol. The topological polar surface area (TPSA) is 43.8 Å². The summed E-state index contributed by atoms with van der Waals surface area (Å²) < 4.78 is 2.02. The number of rotatable bonds is 10. The molecule has 1 atom stereocenters. The summed E-state index contributed by atoms with van der Waals surface area (Å²) in [5, 5.41) is 0. The Labute approximate surface area is 112 Å². The largest absolute Gasteiger partial charge is 0.336 e. The van der Waals surface area contributed by atoms with Crippen LogP contribution in [0.3, 0.4) is 0 Å². The molecule has 0 aliphatic carbocycles. The van der Waals surface area contributed by atoms with E-state index in [4.69, 9.17) is 5.73 Å². The van der Waals surface area contributed by atoms with Crippen molar-refractivity contribution >= 4 is 0 Å². The fourth-order valence-electron chi connectivity index (χ4n) is 2.37. The quantitative estimate of drug-likeness (QED) is 0.640. The lowest BCUT2D eigenvalue weighted by atomic mass is 10.0. The van der Waals surface area contributed by atoms with Crippen molar-refractivity contribution in [3.8, 4) is 0 Å². The van der Waals surface area contributed by atoms with Gasteiger partial charge >= 0.3 is 0 Å². The van der Waals surface area contributed by atoms with Gasteiger partial charge in [-0.05, 0) is 6.42 Å². The molecule has 0 fully saturated rings. The van der Waals surface area contributed by atoms with Crippen LogP contribution < -0.4 is 5.73 Å². The second-order valence-corrected chi connectivity index (χ2v) is 5.30. The first-order chi connectivity index (χ1) is 8.75. The maximum atomic E-state index is 6.16. The zero-order chi connectivity index (χ0) is 13.2. The van der Waals surface area contributed by atoms with Crippen molar-refractivity contribution in [2.24, 2.45) is 12.8 Å². The number of imidazole rings is 1. The summed E-state index contributed by atoms with van der Waals surface area (Å²) in [6, 6.07) is 0.151. The molecule has 1 aromatic heterocycles.